The molecule has 1 aromatic carbocycles. The van der Waals surface area contributed by atoms with E-state index in [1.807, 2.05) is 18.2 Å². The van der Waals surface area contributed by atoms with E-state index in [0.29, 0.717) is 24.7 Å². The Morgan fingerprint density at radius 1 is 1.41 bits per heavy atom. The molecule has 0 atom stereocenters. The van der Waals surface area contributed by atoms with Crippen molar-refractivity contribution in [2.24, 2.45) is 5.84 Å². The number of hydrogen-bond acceptors (Lipinski definition) is 5. The maximum Gasteiger partial charge on any atom is 0.262 e. The molecule has 1 fully saturated rings. The van der Waals surface area contributed by atoms with Crippen molar-refractivity contribution in [2.45, 2.75) is 5.54 Å². The summed E-state index contributed by atoms with van der Waals surface area (Å²) in [4.78, 5) is 11.2. The van der Waals surface area contributed by atoms with Gasteiger partial charge in [-0.1, -0.05) is 6.07 Å². The standard InChI is InChI=1S/C11H13N3O3/c12-14-11(5-16-6-11)7-1-2-9-8(3-7)13-10(15)4-17-9/h1-3,14H,4-6,12H2,(H,13,15). The molecule has 0 saturated carbocycles. The average Bonchev–Trinajstić information content (AvgIpc) is 2.28. The van der Waals surface area contributed by atoms with E-state index in [0.717, 1.165) is 5.56 Å². The molecule has 2 aliphatic heterocycles. The van der Waals surface area contributed by atoms with Gasteiger partial charge < -0.3 is 14.8 Å². The largest absolute Gasteiger partial charge is 0.482 e. The van der Waals surface area contributed by atoms with Gasteiger partial charge in [-0.3, -0.25) is 10.6 Å². The third-order valence-corrected chi connectivity index (χ3v) is 3.14. The number of nitrogens with two attached hydrogens (primary N) is 1. The predicted molar refractivity (Wildman–Crippen MR) is 60.4 cm³/mol. The van der Waals surface area contributed by atoms with Crippen molar-refractivity contribution >= 4 is 11.6 Å². The summed E-state index contributed by atoms with van der Waals surface area (Å²) in [5.41, 5.74) is 4.08. The lowest BCUT2D eigenvalue weighted by molar-refractivity contribution is -0.118. The molecule has 17 heavy (non-hydrogen) atoms. The highest BCUT2D eigenvalue weighted by Crippen LogP contribution is 2.35. The van der Waals surface area contributed by atoms with Crippen molar-refractivity contribution < 1.29 is 14.3 Å². The number of rotatable bonds is 2. The lowest BCUT2D eigenvalue weighted by Gasteiger charge is -2.41. The summed E-state index contributed by atoms with van der Waals surface area (Å²) in [6, 6.07) is 5.63. The van der Waals surface area contributed by atoms with Crippen LogP contribution in [0.1, 0.15) is 5.56 Å². The van der Waals surface area contributed by atoms with Crippen LogP contribution in [-0.2, 0) is 15.1 Å². The molecule has 2 heterocycles. The van der Waals surface area contributed by atoms with Crippen LogP contribution in [0.15, 0.2) is 18.2 Å². The maximum atomic E-state index is 11.2. The molecule has 0 unspecified atom stereocenters. The lowest BCUT2D eigenvalue weighted by Crippen LogP contribution is -2.60. The first-order valence-electron chi connectivity index (χ1n) is 5.36. The van der Waals surface area contributed by atoms with Gasteiger partial charge in [-0.05, 0) is 17.7 Å². The summed E-state index contributed by atoms with van der Waals surface area (Å²) in [5, 5.41) is 2.77. The van der Waals surface area contributed by atoms with E-state index in [1.54, 1.807) is 0 Å². The van der Waals surface area contributed by atoms with Crippen LogP contribution >= 0.6 is 0 Å². The van der Waals surface area contributed by atoms with E-state index >= 15 is 0 Å². The number of anilines is 1. The molecular formula is C11H13N3O3. The SMILES string of the molecule is NNC1(c2ccc3c(c2)NC(=O)CO3)COC1. The number of carbonyl (C=O) groups excluding carboxylic acids is 1. The van der Waals surface area contributed by atoms with Crippen molar-refractivity contribution in [3.05, 3.63) is 23.8 Å². The Bertz CT molecular complexity index is 466. The third kappa shape index (κ3) is 1.57. The zero-order chi connectivity index (χ0) is 11.9. The number of hydrogen-bond donors (Lipinski definition) is 3. The smallest absolute Gasteiger partial charge is 0.262 e. The topological polar surface area (TPSA) is 85.6 Å². The Kier molecular flexibility index (Phi) is 2.29. The molecule has 0 aliphatic carbocycles. The first-order valence-corrected chi connectivity index (χ1v) is 5.36. The van der Waals surface area contributed by atoms with Gasteiger partial charge in [0.1, 0.15) is 11.3 Å². The fourth-order valence-corrected chi connectivity index (χ4v) is 2.02. The Labute approximate surface area is 98.0 Å². The second-order valence-electron chi connectivity index (χ2n) is 4.27. The molecule has 1 amide bonds. The van der Waals surface area contributed by atoms with E-state index in [2.05, 4.69) is 10.7 Å². The highest BCUT2D eigenvalue weighted by molar-refractivity contribution is 5.95. The van der Waals surface area contributed by atoms with Crippen molar-refractivity contribution in [1.82, 2.24) is 5.43 Å². The van der Waals surface area contributed by atoms with Gasteiger partial charge in [0.05, 0.1) is 18.9 Å². The number of carbonyl (C=O) groups is 1. The molecule has 0 spiro atoms. The van der Waals surface area contributed by atoms with Crippen LogP contribution in [0.4, 0.5) is 5.69 Å². The van der Waals surface area contributed by atoms with Gasteiger partial charge in [0.15, 0.2) is 6.61 Å². The van der Waals surface area contributed by atoms with E-state index in [1.165, 1.54) is 0 Å². The maximum absolute atomic E-state index is 11.2. The van der Waals surface area contributed by atoms with Crippen LogP contribution in [0.3, 0.4) is 0 Å². The number of fused-ring (bicyclic) bond motifs is 1. The minimum atomic E-state index is -0.350. The number of hydrazine groups is 1. The summed E-state index contributed by atoms with van der Waals surface area (Å²) < 4.78 is 10.5. The minimum absolute atomic E-state index is 0.0652. The van der Waals surface area contributed by atoms with E-state index in [-0.39, 0.29) is 18.1 Å². The normalized spacial score (nSPS) is 20.9. The minimum Gasteiger partial charge on any atom is -0.482 e. The molecule has 4 N–H and O–H groups in total. The molecule has 1 saturated heterocycles. The number of ether oxygens (including phenoxy) is 2. The molecule has 90 valence electrons. The first kappa shape index (κ1) is 10.5. The average molecular weight is 235 g/mol. The van der Waals surface area contributed by atoms with Gasteiger partial charge >= 0.3 is 0 Å². The molecule has 3 rings (SSSR count). The highest BCUT2D eigenvalue weighted by Gasteiger charge is 2.40. The second kappa shape index (κ2) is 3.69. The fourth-order valence-electron chi connectivity index (χ4n) is 2.02. The van der Waals surface area contributed by atoms with Gasteiger partial charge in [-0.15, -0.1) is 0 Å². The summed E-state index contributed by atoms with van der Waals surface area (Å²) >= 11 is 0. The second-order valence-corrected chi connectivity index (χ2v) is 4.27. The van der Waals surface area contributed by atoms with Gasteiger partial charge in [0.25, 0.3) is 5.91 Å². The molecular weight excluding hydrogens is 222 g/mol. The van der Waals surface area contributed by atoms with E-state index in [9.17, 15) is 4.79 Å². The lowest BCUT2D eigenvalue weighted by atomic mass is 9.88. The molecule has 0 aromatic heterocycles. The molecule has 6 nitrogen and oxygen atoms in total. The zero-order valence-corrected chi connectivity index (χ0v) is 9.16. The summed E-state index contributed by atoms with van der Waals surface area (Å²) in [7, 11) is 0. The summed E-state index contributed by atoms with van der Waals surface area (Å²) in [5.74, 6) is 6.09. The van der Waals surface area contributed by atoms with E-state index in [4.69, 9.17) is 15.3 Å². The van der Waals surface area contributed by atoms with Crippen LogP contribution < -0.4 is 21.3 Å². The Hall–Kier alpha value is -1.63. The van der Waals surface area contributed by atoms with E-state index < -0.39 is 0 Å². The number of amides is 1. The number of benzene rings is 1. The molecule has 0 bridgehead atoms. The highest BCUT2D eigenvalue weighted by atomic mass is 16.5. The van der Waals surface area contributed by atoms with Crippen LogP contribution in [0.5, 0.6) is 5.75 Å². The van der Waals surface area contributed by atoms with Crippen LogP contribution in [0.2, 0.25) is 0 Å². The first-order chi connectivity index (χ1) is 8.23. The quantitative estimate of drug-likeness (QED) is 0.484. The van der Waals surface area contributed by atoms with Gasteiger partial charge in [0, 0.05) is 0 Å². The fraction of sp³-hybridized carbons (Fsp3) is 0.364. The van der Waals surface area contributed by atoms with Crippen molar-refractivity contribution in [3.63, 3.8) is 0 Å². The summed E-state index contributed by atoms with van der Waals surface area (Å²) in [6.07, 6.45) is 0. The Morgan fingerprint density at radius 2 is 2.24 bits per heavy atom. The summed E-state index contributed by atoms with van der Waals surface area (Å²) in [6.45, 7) is 1.11. The molecule has 6 heteroatoms. The van der Waals surface area contributed by atoms with Crippen LogP contribution in [0, 0.1) is 0 Å². The monoisotopic (exact) mass is 235 g/mol. The number of nitrogens with one attached hydrogen (secondary N) is 2. The molecule has 2 aliphatic rings. The zero-order valence-electron chi connectivity index (χ0n) is 9.16. The predicted octanol–water partition coefficient (Wildman–Crippen LogP) is -0.294. The van der Waals surface area contributed by atoms with Crippen molar-refractivity contribution in [2.75, 3.05) is 25.1 Å². The van der Waals surface area contributed by atoms with Crippen LogP contribution in [0.25, 0.3) is 0 Å². The van der Waals surface area contributed by atoms with Gasteiger partial charge in [-0.25, -0.2) is 5.43 Å². The van der Waals surface area contributed by atoms with Crippen molar-refractivity contribution in [1.29, 1.82) is 0 Å². The Balaban J connectivity index is 1.97. The third-order valence-electron chi connectivity index (χ3n) is 3.14. The molecule has 0 radical (unpaired) electrons. The van der Waals surface area contributed by atoms with Crippen LogP contribution in [-0.4, -0.2) is 25.7 Å². The molecule has 1 aromatic rings. The Morgan fingerprint density at radius 3 is 2.88 bits per heavy atom. The van der Waals surface area contributed by atoms with Gasteiger partial charge in [-0.2, -0.15) is 0 Å². The van der Waals surface area contributed by atoms with Gasteiger partial charge in [0.2, 0.25) is 0 Å². The van der Waals surface area contributed by atoms with Crippen molar-refractivity contribution in [3.8, 4) is 5.75 Å².